The molecule has 2 radical (unpaired) electrons. The second kappa shape index (κ2) is 16.2. The van der Waals surface area contributed by atoms with Gasteiger partial charge in [-0.2, -0.15) is 0 Å². The minimum atomic E-state index is -2.92. The van der Waals surface area contributed by atoms with Gasteiger partial charge in [0.05, 0.1) is 0 Å². The van der Waals surface area contributed by atoms with Gasteiger partial charge in [0.25, 0.3) is 0 Å². The Kier molecular flexibility index (Phi) is 51.9. The molecule has 0 amide bonds. The summed E-state index contributed by atoms with van der Waals surface area (Å²) in [6.07, 6.45) is 0. The van der Waals surface area contributed by atoms with Gasteiger partial charge in [-0.05, 0) is 0 Å². The summed E-state index contributed by atoms with van der Waals surface area (Å²) in [5, 5.41) is 25.2. The fourth-order valence-electron chi connectivity index (χ4n) is 0. The van der Waals surface area contributed by atoms with Crippen molar-refractivity contribution in [2.24, 2.45) is 0 Å². The summed E-state index contributed by atoms with van der Waals surface area (Å²) in [5.41, 5.74) is 0. The zero-order valence-electron chi connectivity index (χ0n) is 3.36. The van der Waals surface area contributed by atoms with Crippen molar-refractivity contribution in [3.8, 4) is 0 Å². The maximum Gasteiger partial charge on any atom is 3.00 e. The third-order valence-corrected chi connectivity index (χ3v) is 0. The Bertz CT molecular complexity index is 19.7. The molecule has 0 aliphatic heterocycles. The zero-order valence-corrected chi connectivity index (χ0v) is 10.2. The van der Waals surface area contributed by atoms with Crippen LogP contribution in [0, 0.1) is 81.7 Å². The summed E-state index contributed by atoms with van der Waals surface area (Å²) in [6, 6.07) is 0. The fraction of sp³-hybridized carbons (Fsp3) is 0. The molecule has 30 valence electrons. The molecule has 0 aromatic rings. The standard InChI is InChI=1S/BO3.Ce.Gd.Mg/c2-1(3)4;;;/q-3;2*+3;+2. The van der Waals surface area contributed by atoms with Crippen LogP contribution in [-0.4, -0.2) is 30.4 Å². The molecule has 0 N–H and O–H groups in total. The fourth-order valence-corrected chi connectivity index (χ4v) is 0. The maximum atomic E-state index is 8.42. The van der Waals surface area contributed by atoms with Crippen molar-refractivity contribution in [1.29, 1.82) is 0 Å². The van der Waals surface area contributed by atoms with E-state index >= 15 is 0 Å². The molecule has 7 heteroatoms. The summed E-state index contributed by atoms with van der Waals surface area (Å²) in [5.74, 6) is 0. The van der Waals surface area contributed by atoms with Crippen LogP contribution in [-0.2, 0) is 0 Å². The Morgan fingerprint density at radius 3 is 1.00 bits per heavy atom. The van der Waals surface area contributed by atoms with Crippen molar-refractivity contribution >= 4 is 30.4 Å². The van der Waals surface area contributed by atoms with Gasteiger partial charge in [-0.15, -0.1) is 0 Å². The van der Waals surface area contributed by atoms with Crippen LogP contribution >= 0.6 is 0 Å². The van der Waals surface area contributed by atoms with Crippen LogP contribution in [0.5, 0.6) is 0 Å². The zero-order chi connectivity index (χ0) is 3.58. The van der Waals surface area contributed by atoms with Gasteiger partial charge >= 0.3 is 105 Å². The molecule has 0 rings (SSSR count). The summed E-state index contributed by atoms with van der Waals surface area (Å²) >= 11 is 0. The molecule has 0 aliphatic carbocycles. The molecule has 0 heterocycles. The van der Waals surface area contributed by atoms with Crippen molar-refractivity contribution in [1.82, 2.24) is 0 Å². The van der Waals surface area contributed by atoms with Crippen LogP contribution in [0.2, 0.25) is 0 Å². The van der Waals surface area contributed by atoms with Crippen LogP contribution in [0.4, 0.5) is 0 Å². The van der Waals surface area contributed by atoms with E-state index in [1.54, 1.807) is 0 Å². The van der Waals surface area contributed by atoms with Crippen LogP contribution in [0.1, 0.15) is 0 Å². The van der Waals surface area contributed by atoms with E-state index in [2.05, 4.69) is 0 Å². The summed E-state index contributed by atoms with van der Waals surface area (Å²) in [4.78, 5) is 0. The largest absolute Gasteiger partial charge is 3.00 e. The average Bonchev–Trinajstić information content (AvgIpc) is 0.811. The third-order valence-electron chi connectivity index (χ3n) is 0. The Balaban J connectivity index is -0.0000000150. The molecular weight excluding hydrogens is 380 g/mol. The van der Waals surface area contributed by atoms with E-state index in [4.69, 9.17) is 15.1 Å². The van der Waals surface area contributed by atoms with E-state index in [0.717, 1.165) is 0 Å². The molecule has 3 nitrogen and oxygen atoms in total. The van der Waals surface area contributed by atoms with Gasteiger partial charge < -0.3 is 15.1 Å². The minimum Gasteiger partial charge on any atom is -0.907 e. The molecule has 0 aromatic carbocycles. The third kappa shape index (κ3) is 44.4. The van der Waals surface area contributed by atoms with Gasteiger partial charge in [-0.3, -0.25) is 7.32 Å². The first-order chi connectivity index (χ1) is 1.73. The molecule has 7 heavy (non-hydrogen) atoms. The number of hydrogen-bond acceptors (Lipinski definition) is 3. The Morgan fingerprint density at radius 1 is 1.00 bits per heavy atom. The quantitative estimate of drug-likeness (QED) is 0.399. The van der Waals surface area contributed by atoms with Crippen LogP contribution in [0.15, 0.2) is 0 Å². The summed E-state index contributed by atoms with van der Waals surface area (Å²) < 4.78 is 0. The molecule has 0 unspecified atom stereocenters. The monoisotopic (exact) mass is 381 g/mol. The predicted octanol–water partition coefficient (Wildman–Crippen LogP) is -4.33. The Hall–Kier alpha value is 3.41. The molecular formula is BCeGdMgO3+5. The first kappa shape index (κ1) is 22.4. The summed E-state index contributed by atoms with van der Waals surface area (Å²) in [6.45, 7) is 0. The molecule has 0 spiro atoms. The van der Waals surface area contributed by atoms with Gasteiger partial charge in [0, 0.05) is 0 Å². The van der Waals surface area contributed by atoms with Crippen LogP contribution < -0.4 is 15.1 Å². The number of rotatable bonds is 0. The second-order valence-electron chi connectivity index (χ2n) is 0.289. The average molecular weight is 380 g/mol. The molecule has 0 aliphatic rings. The first-order valence-electron chi connectivity index (χ1n) is 0.707. The van der Waals surface area contributed by atoms with Crippen molar-refractivity contribution in [3.05, 3.63) is 0 Å². The van der Waals surface area contributed by atoms with E-state index < -0.39 is 7.32 Å². The first-order valence-corrected chi connectivity index (χ1v) is 0.707. The molecule has 0 aromatic heterocycles. The van der Waals surface area contributed by atoms with E-state index in [1.807, 2.05) is 0 Å². The normalized spacial score (nSPS) is 3.86. The SMILES string of the molecule is [Ce+3].[Gd+3].[Mg+2].[O-]B([O-])[O-]. The Morgan fingerprint density at radius 2 is 1.00 bits per heavy atom. The minimum absolute atomic E-state index is 0. The molecule has 0 fully saturated rings. The predicted molar refractivity (Wildman–Crippen MR) is 11.5 cm³/mol. The van der Waals surface area contributed by atoms with Crippen molar-refractivity contribution in [2.45, 2.75) is 0 Å². The van der Waals surface area contributed by atoms with Gasteiger partial charge in [-0.1, -0.05) is 0 Å². The van der Waals surface area contributed by atoms with Gasteiger partial charge in [0.15, 0.2) is 0 Å². The molecule has 0 bridgehead atoms. The van der Waals surface area contributed by atoms with Gasteiger partial charge in [0.1, 0.15) is 0 Å². The summed E-state index contributed by atoms with van der Waals surface area (Å²) in [7, 11) is -2.92. The number of hydrogen-bond donors (Lipinski definition) is 0. The topological polar surface area (TPSA) is 69.2 Å². The Labute approximate surface area is 124 Å². The molecule has 0 atom stereocenters. The molecule has 0 saturated carbocycles. The van der Waals surface area contributed by atoms with Crippen molar-refractivity contribution < 1.29 is 96.8 Å². The smallest absolute Gasteiger partial charge is 0.907 e. The van der Waals surface area contributed by atoms with Crippen LogP contribution in [0.25, 0.3) is 0 Å². The van der Waals surface area contributed by atoms with E-state index in [9.17, 15) is 0 Å². The maximum absolute atomic E-state index is 8.42. The van der Waals surface area contributed by atoms with Crippen LogP contribution in [0.3, 0.4) is 0 Å². The molecule has 0 saturated heterocycles. The second-order valence-corrected chi connectivity index (χ2v) is 0.289. The van der Waals surface area contributed by atoms with Crippen molar-refractivity contribution in [3.63, 3.8) is 0 Å². The van der Waals surface area contributed by atoms with E-state index in [-0.39, 0.29) is 105 Å². The van der Waals surface area contributed by atoms with E-state index in [1.165, 1.54) is 0 Å². The van der Waals surface area contributed by atoms with Gasteiger partial charge in [0.2, 0.25) is 0 Å². The van der Waals surface area contributed by atoms with Crippen molar-refractivity contribution in [2.75, 3.05) is 0 Å². The van der Waals surface area contributed by atoms with Gasteiger partial charge in [-0.25, -0.2) is 0 Å². The van der Waals surface area contributed by atoms with E-state index in [0.29, 0.717) is 0 Å².